The summed E-state index contributed by atoms with van der Waals surface area (Å²) in [5, 5.41) is 5.88. The zero-order valence-electron chi connectivity index (χ0n) is 23.4. The number of anilines is 2. The number of rotatable bonds is 12. The number of amides is 3. The minimum atomic E-state index is -1.06. The van der Waals surface area contributed by atoms with Crippen LogP contribution in [0.2, 0.25) is 0 Å². The Labute approximate surface area is 240 Å². The highest BCUT2D eigenvalue weighted by atomic mass is 19.1. The Balaban J connectivity index is 1.62. The number of hydrogen-bond acceptors (Lipinski definition) is 5. The van der Waals surface area contributed by atoms with Crippen LogP contribution in [0.3, 0.4) is 0 Å². The molecule has 1 fully saturated rings. The van der Waals surface area contributed by atoms with Gasteiger partial charge in [0.2, 0.25) is 17.7 Å². The maximum Gasteiger partial charge on any atom is 0.248 e. The topological polar surface area (TPSA) is 101 Å². The molecule has 1 heterocycles. The normalized spacial score (nSPS) is 14.1. The van der Waals surface area contributed by atoms with E-state index in [-0.39, 0.29) is 43.0 Å². The van der Waals surface area contributed by atoms with E-state index in [2.05, 4.69) is 15.6 Å². The van der Waals surface area contributed by atoms with Gasteiger partial charge >= 0.3 is 0 Å². The van der Waals surface area contributed by atoms with Crippen molar-refractivity contribution in [3.63, 3.8) is 0 Å². The van der Waals surface area contributed by atoms with Crippen LogP contribution in [-0.2, 0) is 14.4 Å². The van der Waals surface area contributed by atoms with Gasteiger partial charge in [-0.25, -0.2) is 9.37 Å². The highest BCUT2D eigenvalue weighted by Gasteiger charge is 2.35. The standard InChI is InChI=1S/C32H37FN4O4/c1-2-41-27-14-7-6-13-26(27)37(30(39)17-10-16-29(38)36-28-15-8-9-22-34-28)31(23-18-20-24(33)21-19-23)32(40)35-25-11-4-3-5-12-25/h6-9,13-15,18-22,25,31H,2-5,10-12,16-17H2,1H3,(H,35,40)(H,34,36,38). The number of benzene rings is 2. The van der Waals surface area contributed by atoms with Crippen LogP contribution in [0.1, 0.15) is 69.9 Å². The molecule has 1 atom stereocenters. The molecule has 9 heteroatoms. The molecule has 0 aliphatic heterocycles. The molecular formula is C32H37FN4O4. The van der Waals surface area contributed by atoms with E-state index in [9.17, 15) is 18.8 Å². The number of halogens is 1. The highest BCUT2D eigenvalue weighted by molar-refractivity contribution is 6.02. The third kappa shape index (κ3) is 8.36. The lowest BCUT2D eigenvalue weighted by Crippen LogP contribution is -2.47. The van der Waals surface area contributed by atoms with E-state index in [0.717, 1.165) is 32.1 Å². The van der Waals surface area contributed by atoms with Crippen molar-refractivity contribution in [1.29, 1.82) is 0 Å². The fraction of sp³-hybridized carbons (Fsp3) is 0.375. The number of hydrogen-bond donors (Lipinski definition) is 2. The summed E-state index contributed by atoms with van der Waals surface area (Å²) >= 11 is 0. The van der Waals surface area contributed by atoms with E-state index in [1.165, 1.54) is 29.2 Å². The van der Waals surface area contributed by atoms with E-state index < -0.39 is 11.9 Å². The Morgan fingerprint density at radius 1 is 0.976 bits per heavy atom. The Morgan fingerprint density at radius 2 is 1.71 bits per heavy atom. The number of ether oxygens (including phenoxy) is 1. The number of para-hydroxylation sites is 2. The summed E-state index contributed by atoms with van der Waals surface area (Å²) in [4.78, 5) is 46.0. The summed E-state index contributed by atoms with van der Waals surface area (Å²) in [6.07, 6.45) is 6.88. The number of nitrogens with one attached hydrogen (secondary N) is 2. The Kier molecular flexibility index (Phi) is 10.8. The molecule has 1 saturated carbocycles. The number of aromatic nitrogens is 1. The van der Waals surface area contributed by atoms with E-state index in [1.54, 1.807) is 48.7 Å². The largest absolute Gasteiger partial charge is 0.492 e. The maximum atomic E-state index is 14.0. The van der Waals surface area contributed by atoms with Gasteiger partial charge in [0, 0.05) is 25.1 Å². The van der Waals surface area contributed by atoms with Crippen molar-refractivity contribution in [3.8, 4) is 5.75 Å². The van der Waals surface area contributed by atoms with E-state index in [1.807, 2.05) is 6.92 Å². The predicted molar refractivity (Wildman–Crippen MR) is 156 cm³/mol. The highest BCUT2D eigenvalue weighted by Crippen LogP contribution is 2.36. The minimum absolute atomic E-state index is 0.00447. The van der Waals surface area contributed by atoms with Gasteiger partial charge in [0.25, 0.3) is 0 Å². The van der Waals surface area contributed by atoms with Gasteiger partial charge in [-0.2, -0.15) is 0 Å². The summed E-state index contributed by atoms with van der Waals surface area (Å²) in [6, 6.07) is 16.9. The van der Waals surface area contributed by atoms with Crippen LogP contribution < -0.4 is 20.3 Å². The summed E-state index contributed by atoms with van der Waals surface area (Å²) < 4.78 is 19.8. The van der Waals surface area contributed by atoms with Gasteiger partial charge in [0.05, 0.1) is 12.3 Å². The first kappa shape index (κ1) is 29.7. The number of carbonyl (C=O) groups is 3. The first-order valence-electron chi connectivity index (χ1n) is 14.3. The molecule has 0 bridgehead atoms. The molecule has 1 unspecified atom stereocenters. The molecule has 8 nitrogen and oxygen atoms in total. The van der Waals surface area contributed by atoms with Crippen LogP contribution in [-0.4, -0.2) is 35.4 Å². The average molecular weight is 561 g/mol. The second kappa shape index (κ2) is 14.9. The molecule has 41 heavy (non-hydrogen) atoms. The van der Waals surface area contributed by atoms with E-state index in [0.29, 0.717) is 29.4 Å². The molecule has 3 amide bonds. The average Bonchev–Trinajstić information content (AvgIpc) is 2.98. The molecule has 0 spiro atoms. The molecule has 0 saturated heterocycles. The monoisotopic (exact) mass is 560 g/mol. The van der Waals surface area contributed by atoms with Crippen LogP contribution in [0.25, 0.3) is 0 Å². The van der Waals surface area contributed by atoms with Crippen molar-refractivity contribution in [1.82, 2.24) is 10.3 Å². The predicted octanol–water partition coefficient (Wildman–Crippen LogP) is 5.95. The van der Waals surface area contributed by atoms with Gasteiger partial charge < -0.3 is 15.4 Å². The molecule has 1 aromatic heterocycles. The van der Waals surface area contributed by atoms with Gasteiger partial charge in [0.15, 0.2) is 0 Å². The van der Waals surface area contributed by atoms with Gasteiger partial charge in [-0.3, -0.25) is 19.3 Å². The zero-order chi connectivity index (χ0) is 29.0. The summed E-state index contributed by atoms with van der Waals surface area (Å²) in [7, 11) is 0. The Bertz CT molecular complexity index is 1300. The van der Waals surface area contributed by atoms with Gasteiger partial charge in [0.1, 0.15) is 23.4 Å². The molecule has 2 aromatic carbocycles. The van der Waals surface area contributed by atoms with Crippen LogP contribution in [0.4, 0.5) is 15.9 Å². The van der Waals surface area contributed by atoms with Gasteiger partial charge in [-0.05, 0) is 68.1 Å². The molecule has 2 N–H and O–H groups in total. The minimum Gasteiger partial charge on any atom is -0.492 e. The fourth-order valence-electron chi connectivity index (χ4n) is 5.10. The molecule has 4 rings (SSSR count). The third-order valence-electron chi connectivity index (χ3n) is 7.06. The molecule has 3 aromatic rings. The van der Waals surface area contributed by atoms with Gasteiger partial charge in [-0.15, -0.1) is 0 Å². The summed E-state index contributed by atoms with van der Waals surface area (Å²) in [5.74, 6) is -0.498. The van der Waals surface area contributed by atoms with E-state index >= 15 is 0 Å². The molecule has 1 aliphatic carbocycles. The lowest BCUT2D eigenvalue weighted by atomic mass is 9.94. The van der Waals surface area contributed by atoms with Crippen LogP contribution in [0.15, 0.2) is 72.9 Å². The molecule has 216 valence electrons. The second-order valence-corrected chi connectivity index (χ2v) is 10.1. The van der Waals surface area contributed by atoms with Crippen molar-refractivity contribution in [3.05, 3.63) is 84.3 Å². The van der Waals surface area contributed by atoms with Crippen LogP contribution >= 0.6 is 0 Å². The maximum absolute atomic E-state index is 14.0. The lowest BCUT2D eigenvalue weighted by Gasteiger charge is -2.34. The molecular weight excluding hydrogens is 523 g/mol. The summed E-state index contributed by atoms with van der Waals surface area (Å²) in [6.45, 7) is 2.21. The fourth-order valence-corrected chi connectivity index (χ4v) is 5.10. The first-order valence-corrected chi connectivity index (χ1v) is 14.3. The Morgan fingerprint density at radius 3 is 2.41 bits per heavy atom. The summed E-state index contributed by atoms with van der Waals surface area (Å²) in [5.41, 5.74) is 0.915. The van der Waals surface area contributed by atoms with E-state index in [4.69, 9.17) is 4.74 Å². The van der Waals surface area contributed by atoms with Crippen LogP contribution in [0, 0.1) is 5.82 Å². The lowest BCUT2D eigenvalue weighted by molar-refractivity contribution is -0.127. The van der Waals surface area contributed by atoms with Gasteiger partial charge in [-0.1, -0.05) is 49.6 Å². The van der Waals surface area contributed by atoms with Crippen molar-refractivity contribution in [2.75, 3.05) is 16.8 Å². The van der Waals surface area contributed by atoms with Crippen LogP contribution in [0.5, 0.6) is 5.75 Å². The first-order chi connectivity index (χ1) is 20.0. The Hall–Kier alpha value is -4.27. The third-order valence-corrected chi connectivity index (χ3v) is 7.06. The van der Waals surface area contributed by atoms with Crippen molar-refractivity contribution in [2.24, 2.45) is 0 Å². The zero-order valence-corrected chi connectivity index (χ0v) is 23.4. The van der Waals surface area contributed by atoms with Crippen molar-refractivity contribution < 1.29 is 23.5 Å². The molecule has 0 radical (unpaired) electrons. The second-order valence-electron chi connectivity index (χ2n) is 10.1. The number of nitrogens with zero attached hydrogens (tertiary/aromatic N) is 2. The number of pyridine rings is 1. The number of carbonyl (C=O) groups excluding carboxylic acids is 3. The molecule has 1 aliphatic rings. The quantitative estimate of drug-likeness (QED) is 0.285. The van der Waals surface area contributed by atoms with Crippen molar-refractivity contribution >= 4 is 29.2 Å². The van der Waals surface area contributed by atoms with Crippen molar-refractivity contribution in [2.45, 2.75) is 70.4 Å². The smallest absolute Gasteiger partial charge is 0.248 e. The SMILES string of the molecule is CCOc1ccccc1N(C(=O)CCCC(=O)Nc1ccccn1)C(C(=O)NC1CCCCC1)c1ccc(F)cc1.